The van der Waals surface area contributed by atoms with Crippen LogP contribution in [0, 0.1) is 6.92 Å². The molecule has 11 heteroatoms. The molecule has 8 nitrogen and oxygen atoms in total. The van der Waals surface area contributed by atoms with Crippen LogP contribution in [0.1, 0.15) is 41.6 Å². The number of thiophene rings is 1. The molecule has 0 aliphatic heterocycles. The molecule has 2 aromatic carbocycles. The molecule has 0 unspecified atom stereocenters. The minimum Gasteiger partial charge on any atom is -0.478 e. The highest BCUT2D eigenvalue weighted by Crippen LogP contribution is 2.38. The summed E-state index contributed by atoms with van der Waals surface area (Å²) in [6, 6.07) is 12.6. The summed E-state index contributed by atoms with van der Waals surface area (Å²) in [6.07, 6.45) is 0.889. The zero-order valence-electron chi connectivity index (χ0n) is 20.4. The Kier molecular flexibility index (Phi) is 7.97. The summed E-state index contributed by atoms with van der Waals surface area (Å²) in [7, 11) is -3.95. The van der Waals surface area contributed by atoms with Crippen LogP contribution in [0.25, 0.3) is 11.1 Å². The second-order valence-corrected chi connectivity index (χ2v) is 12.9. The summed E-state index contributed by atoms with van der Waals surface area (Å²) in [6.45, 7) is 6.88. The summed E-state index contributed by atoms with van der Waals surface area (Å²) >= 11 is 2.37. The van der Waals surface area contributed by atoms with E-state index in [1.165, 1.54) is 30.0 Å². The third-order valence-corrected chi connectivity index (χ3v) is 9.25. The number of hydrogen-bond acceptors (Lipinski definition) is 7. The molecule has 0 spiro atoms. The molecular weight excluding hydrogens is 520 g/mol. The Morgan fingerprint density at radius 2 is 1.81 bits per heavy atom. The van der Waals surface area contributed by atoms with Crippen molar-refractivity contribution in [1.29, 1.82) is 0 Å². The van der Waals surface area contributed by atoms with E-state index in [0.29, 0.717) is 20.2 Å². The van der Waals surface area contributed by atoms with Gasteiger partial charge in [0.25, 0.3) is 0 Å². The first-order valence-corrected chi connectivity index (χ1v) is 14.2. The van der Waals surface area contributed by atoms with Crippen LogP contribution >= 0.6 is 23.1 Å². The van der Waals surface area contributed by atoms with Crippen molar-refractivity contribution >= 4 is 50.8 Å². The van der Waals surface area contributed by atoms with Gasteiger partial charge in [0, 0.05) is 0 Å². The van der Waals surface area contributed by atoms with Crippen molar-refractivity contribution in [2.45, 2.75) is 47.3 Å². The van der Waals surface area contributed by atoms with E-state index in [9.17, 15) is 23.1 Å². The Bertz CT molecular complexity index is 1470. The highest BCUT2D eigenvalue weighted by atomic mass is 32.2. The molecule has 0 bridgehead atoms. The van der Waals surface area contributed by atoms with Crippen LogP contribution in [-0.4, -0.2) is 43.3 Å². The van der Waals surface area contributed by atoms with Crippen molar-refractivity contribution in [3.05, 3.63) is 64.5 Å². The normalized spacial score (nSPS) is 12.4. The van der Waals surface area contributed by atoms with E-state index in [1.807, 2.05) is 0 Å². The van der Waals surface area contributed by atoms with Crippen LogP contribution in [0.3, 0.4) is 0 Å². The summed E-state index contributed by atoms with van der Waals surface area (Å²) in [5.74, 6) is -1.16. The molecule has 1 heterocycles. The predicted octanol–water partition coefficient (Wildman–Crippen LogP) is 5.62. The van der Waals surface area contributed by atoms with Gasteiger partial charge in [-0.25, -0.2) is 18.0 Å². The van der Waals surface area contributed by atoms with Gasteiger partial charge in [-0.05, 0) is 81.0 Å². The van der Waals surface area contributed by atoms with E-state index >= 15 is 0 Å². The van der Waals surface area contributed by atoms with E-state index in [-0.39, 0.29) is 21.2 Å². The number of amides is 1. The lowest BCUT2D eigenvalue weighted by Gasteiger charge is -2.17. The number of ether oxygens (including phenoxy) is 1. The number of rotatable bonds is 6. The molecule has 0 saturated heterocycles. The first kappa shape index (κ1) is 27.4. The van der Waals surface area contributed by atoms with Gasteiger partial charge < -0.3 is 15.6 Å². The Hall–Kier alpha value is -3.15. The Morgan fingerprint density at radius 3 is 2.39 bits per heavy atom. The van der Waals surface area contributed by atoms with Crippen molar-refractivity contribution < 1.29 is 27.9 Å². The number of carbonyl (C=O) groups excluding carboxylic acids is 1. The minimum absolute atomic E-state index is 0.0624. The predicted molar refractivity (Wildman–Crippen MR) is 142 cm³/mol. The van der Waals surface area contributed by atoms with Gasteiger partial charge >= 0.3 is 12.1 Å². The number of carbonyl (C=O) groups is 2. The fraction of sp³-hybridized carbons (Fsp3) is 0.240. The van der Waals surface area contributed by atoms with Gasteiger partial charge in [0.15, 0.2) is 0 Å². The summed E-state index contributed by atoms with van der Waals surface area (Å²) in [5, 5.41) is 9.21. The molecular formula is C25H26N2O6S3. The summed E-state index contributed by atoms with van der Waals surface area (Å²) < 4.78 is 32.9. The average Bonchev–Trinajstić information content (AvgIpc) is 3.23. The van der Waals surface area contributed by atoms with Gasteiger partial charge in [-0.15, -0.1) is 23.1 Å². The zero-order chi connectivity index (χ0) is 26.8. The number of hydrogen-bond donors (Lipinski definition) is 2. The lowest BCUT2D eigenvalue weighted by atomic mass is 9.98. The molecule has 3 aromatic rings. The third-order valence-electron chi connectivity index (χ3n) is 4.93. The number of thioether (sulfide) groups is 1. The van der Waals surface area contributed by atoms with Gasteiger partial charge in [-0.3, -0.25) is 0 Å². The molecule has 0 fully saturated rings. The molecule has 0 atom stereocenters. The van der Waals surface area contributed by atoms with Gasteiger partial charge in [-0.1, -0.05) is 18.2 Å². The van der Waals surface area contributed by atoms with Crippen LogP contribution in [-0.2, 0) is 14.6 Å². The van der Waals surface area contributed by atoms with Crippen LogP contribution in [0.4, 0.5) is 4.79 Å². The number of aliphatic imine (C=N–C) groups is 1. The Morgan fingerprint density at radius 1 is 1.11 bits per heavy atom. The van der Waals surface area contributed by atoms with Crippen molar-refractivity contribution in [1.82, 2.24) is 0 Å². The largest absolute Gasteiger partial charge is 0.478 e. The molecule has 3 N–H and O–H groups in total. The Balaban J connectivity index is 2.01. The maximum atomic E-state index is 13.6. The number of amidine groups is 1. The molecule has 0 aliphatic rings. The van der Waals surface area contributed by atoms with Gasteiger partial charge in [0.05, 0.1) is 24.4 Å². The SMILES string of the molecule is CSc1sc(/C(N)=N\C(=O)OC(C)(C)C)cc1S(=O)(=O)c1cccc(-c2ccc(C(=O)O)cc2C)c1. The van der Waals surface area contributed by atoms with Crippen LogP contribution in [0.5, 0.6) is 0 Å². The molecule has 1 amide bonds. The first-order chi connectivity index (χ1) is 16.7. The van der Waals surface area contributed by atoms with E-state index < -0.39 is 27.5 Å². The second kappa shape index (κ2) is 10.5. The fourth-order valence-electron chi connectivity index (χ4n) is 3.33. The lowest BCUT2D eigenvalue weighted by Crippen LogP contribution is -2.24. The van der Waals surface area contributed by atoms with Crippen molar-refractivity contribution in [3.63, 3.8) is 0 Å². The number of benzene rings is 2. The quantitative estimate of drug-likeness (QED) is 0.231. The molecule has 1 aromatic heterocycles. The maximum absolute atomic E-state index is 13.6. The fourth-order valence-corrected chi connectivity index (χ4v) is 7.27. The van der Waals surface area contributed by atoms with Crippen LogP contribution < -0.4 is 5.73 Å². The van der Waals surface area contributed by atoms with Crippen LogP contribution in [0.15, 0.2) is 67.5 Å². The standard InChI is InChI=1S/C25H26N2O6S3/c1-14-11-16(22(28)29)9-10-18(14)15-7-6-8-17(12-15)36(31,32)20-13-19(35-23(20)34-5)21(26)27-24(30)33-25(2,3)4/h6-13H,1-5H3,(H,28,29)(H2,26,27,30). The van der Waals surface area contributed by atoms with E-state index in [1.54, 1.807) is 64.3 Å². The van der Waals surface area contributed by atoms with Gasteiger partial charge in [-0.2, -0.15) is 4.99 Å². The first-order valence-electron chi connectivity index (χ1n) is 10.7. The topological polar surface area (TPSA) is 136 Å². The van der Waals surface area contributed by atoms with Gasteiger partial charge in [0.2, 0.25) is 9.84 Å². The number of aryl methyl sites for hydroxylation is 1. The minimum atomic E-state index is -3.95. The number of nitrogens with zero attached hydrogens (tertiary/aromatic N) is 1. The second-order valence-electron chi connectivity index (χ2n) is 8.81. The maximum Gasteiger partial charge on any atom is 0.436 e. The van der Waals surface area contributed by atoms with Crippen molar-refractivity contribution in [3.8, 4) is 11.1 Å². The number of nitrogens with two attached hydrogens (primary N) is 1. The monoisotopic (exact) mass is 546 g/mol. The highest BCUT2D eigenvalue weighted by molar-refractivity contribution is 8.01. The number of sulfone groups is 1. The molecule has 0 saturated carbocycles. The summed E-state index contributed by atoms with van der Waals surface area (Å²) in [4.78, 5) is 27.5. The summed E-state index contributed by atoms with van der Waals surface area (Å²) in [5.41, 5.74) is 7.48. The van der Waals surface area contributed by atoms with Crippen LogP contribution in [0.2, 0.25) is 0 Å². The number of aromatic carboxylic acids is 1. The molecule has 36 heavy (non-hydrogen) atoms. The number of carboxylic acid groups (broad SMARTS) is 1. The third kappa shape index (κ3) is 6.15. The average molecular weight is 547 g/mol. The smallest absolute Gasteiger partial charge is 0.436 e. The molecule has 0 aliphatic carbocycles. The van der Waals surface area contributed by atoms with E-state index in [2.05, 4.69) is 4.99 Å². The van der Waals surface area contributed by atoms with E-state index in [0.717, 1.165) is 16.9 Å². The zero-order valence-corrected chi connectivity index (χ0v) is 22.8. The lowest BCUT2D eigenvalue weighted by molar-refractivity contribution is 0.0603. The molecule has 0 radical (unpaired) electrons. The van der Waals surface area contributed by atoms with Crippen molar-refractivity contribution in [2.24, 2.45) is 10.7 Å². The number of carboxylic acids is 1. The molecule has 190 valence electrons. The van der Waals surface area contributed by atoms with Gasteiger partial charge in [0.1, 0.15) is 11.4 Å². The highest BCUT2D eigenvalue weighted by Gasteiger charge is 2.26. The van der Waals surface area contributed by atoms with Crippen molar-refractivity contribution in [2.75, 3.05) is 6.26 Å². The van der Waals surface area contributed by atoms with E-state index in [4.69, 9.17) is 10.5 Å². The Labute approximate surface area is 218 Å². The molecule has 3 rings (SSSR count).